The van der Waals surface area contributed by atoms with Crippen molar-refractivity contribution in [2.75, 3.05) is 12.4 Å². The zero-order chi connectivity index (χ0) is 14.5. The van der Waals surface area contributed by atoms with E-state index in [-0.39, 0.29) is 5.69 Å². The van der Waals surface area contributed by atoms with Crippen molar-refractivity contribution < 1.29 is 9.66 Å². The number of pyridine rings is 1. The minimum absolute atomic E-state index is 0.00322. The van der Waals surface area contributed by atoms with Gasteiger partial charge >= 0.3 is 0 Å². The first-order chi connectivity index (χ1) is 9.60. The molecule has 1 aromatic carbocycles. The topological polar surface area (TPSA) is 77.3 Å². The van der Waals surface area contributed by atoms with Crippen LogP contribution in [0.25, 0.3) is 0 Å². The van der Waals surface area contributed by atoms with Gasteiger partial charge in [-0.2, -0.15) is 0 Å². The zero-order valence-electron chi connectivity index (χ0n) is 10.7. The van der Waals surface area contributed by atoms with E-state index >= 15 is 0 Å². The lowest BCUT2D eigenvalue weighted by Gasteiger charge is -2.11. The van der Waals surface area contributed by atoms with E-state index in [1.54, 1.807) is 18.5 Å². The fourth-order valence-corrected chi connectivity index (χ4v) is 2.10. The molecule has 0 bridgehead atoms. The molecule has 0 unspecified atom stereocenters. The van der Waals surface area contributed by atoms with Gasteiger partial charge in [-0.1, -0.05) is 0 Å². The van der Waals surface area contributed by atoms with Crippen LogP contribution in [0.3, 0.4) is 0 Å². The summed E-state index contributed by atoms with van der Waals surface area (Å²) >= 11 is 3.35. The molecule has 0 aliphatic heterocycles. The molecule has 0 aliphatic carbocycles. The van der Waals surface area contributed by atoms with Gasteiger partial charge in [0.1, 0.15) is 5.75 Å². The first-order valence-electron chi connectivity index (χ1n) is 5.76. The van der Waals surface area contributed by atoms with Crippen molar-refractivity contribution in [2.24, 2.45) is 0 Å². The van der Waals surface area contributed by atoms with Crippen molar-refractivity contribution in [3.8, 4) is 5.75 Å². The monoisotopic (exact) mass is 337 g/mol. The molecular weight excluding hydrogens is 326 g/mol. The van der Waals surface area contributed by atoms with Crippen LogP contribution in [0.5, 0.6) is 5.75 Å². The van der Waals surface area contributed by atoms with E-state index in [0.29, 0.717) is 18.0 Å². The highest BCUT2D eigenvalue weighted by Crippen LogP contribution is 2.29. The van der Waals surface area contributed by atoms with Crippen LogP contribution >= 0.6 is 15.9 Å². The predicted molar refractivity (Wildman–Crippen MR) is 78.9 cm³/mol. The lowest BCUT2D eigenvalue weighted by atomic mass is 10.2. The molecule has 0 saturated carbocycles. The van der Waals surface area contributed by atoms with Crippen LogP contribution < -0.4 is 10.1 Å². The number of nitro benzene ring substituents is 1. The van der Waals surface area contributed by atoms with E-state index in [1.165, 1.54) is 19.2 Å². The third-order valence-corrected chi connectivity index (χ3v) is 3.07. The molecule has 1 aromatic heterocycles. The Labute approximate surface area is 124 Å². The maximum absolute atomic E-state index is 10.7. The number of nitro groups is 1. The summed E-state index contributed by atoms with van der Waals surface area (Å²) in [5.74, 6) is 0.433. The third kappa shape index (κ3) is 3.45. The van der Waals surface area contributed by atoms with Gasteiger partial charge in [-0.25, -0.2) is 0 Å². The SMILES string of the molecule is COc1cc([N+](=O)[O-])ccc1NCc1cncc(Br)c1. The Kier molecular flexibility index (Phi) is 4.52. The molecule has 104 valence electrons. The number of benzene rings is 1. The molecular formula is C13H12BrN3O3. The van der Waals surface area contributed by atoms with E-state index in [0.717, 1.165) is 10.0 Å². The van der Waals surface area contributed by atoms with Crippen molar-refractivity contribution in [2.45, 2.75) is 6.54 Å². The van der Waals surface area contributed by atoms with Crippen LogP contribution in [-0.2, 0) is 6.54 Å². The number of non-ortho nitro benzene ring substituents is 1. The maximum atomic E-state index is 10.7. The summed E-state index contributed by atoms with van der Waals surface area (Å²) < 4.78 is 6.05. The fraction of sp³-hybridized carbons (Fsp3) is 0.154. The van der Waals surface area contributed by atoms with Crippen LogP contribution in [0.1, 0.15) is 5.56 Å². The fourth-order valence-electron chi connectivity index (χ4n) is 1.69. The Morgan fingerprint density at radius 2 is 2.20 bits per heavy atom. The molecule has 0 spiro atoms. The lowest BCUT2D eigenvalue weighted by Crippen LogP contribution is -2.02. The number of nitrogens with zero attached hydrogens (tertiary/aromatic N) is 2. The summed E-state index contributed by atoms with van der Waals surface area (Å²) in [6.45, 7) is 0.542. The average molecular weight is 338 g/mol. The van der Waals surface area contributed by atoms with Crippen molar-refractivity contribution in [1.29, 1.82) is 0 Å². The number of ether oxygens (including phenoxy) is 1. The van der Waals surface area contributed by atoms with Gasteiger partial charge in [0.25, 0.3) is 5.69 Å². The number of rotatable bonds is 5. The normalized spacial score (nSPS) is 10.1. The van der Waals surface area contributed by atoms with Crippen molar-refractivity contribution in [1.82, 2.24) is 4.98 Å². The molecule has 7 heteroatoms. The molecule has 2 aromatic rings. The van der Waals surface area contributed by atoms with Gasteiger partial charge in [0.15, 0.2) is 0 Å². The average Bonchev–Trinajstić information content (AvgIpc) is 2.45. The Balaban J connectivity index is 2.15. The summed E-state index contributed by atoms with van der Waals surface area (Å²) in [5.41, 5.74) is 1.68. The largest absolute Gasteiger partial charge is 0.494 e. The van der Waals surface area contributed by atoms with Gasteiger partial charge in [-0.05, 0) is 33.6 Å². The molecule has 0 aliphatic rings. The van der Waals surface area contributed by atoms with Crippen LogP contribution in [0.4, 0.5) is 11.4 Å². The minimum Gasteiger partial charge on any atom is -0.494 e. The summed E-state index contributed by atoms with van der Waals surface area (Å²) in [6.07, 6.45) is 3.45. The number of nitrogens with one attached hydrogen (secondary N) is 1. The Hall–Kier alpha value is -2.15. The third-order valence-electron chi connectivity index (χ3n) is 2.64. The van der Waals surface area contributed by atoms with E-state index in [2.05, 4.69) is 26.2 Å². The van der Waals surface area contributed by atoms with Crippen molar-refractivity contribution in [3.63, 3.8) is 0 Å². The second-order valence-electron chi connectivity index (χ2n) is 4.01. The summed E-state index contributed by atoms with van der Waals surface area (Å²) in [6, 6.07) is 6.39. The van der Waals surface area contributed by atoms with Gasteiger partial charge in [-0.3, -0.25) is 15.1 Å². The van der Waals surface area contributed by atoms with E-state index in [1.807, 2.05) is 6.07 Å². The Bertz CT molecular complexity index is 634. The van der Waals surface area contributed by atoms with Gasteiger partial charge in [0, 0.05) is 29.5 Å². The number of methoxy groups -OCH3 is 1. The molecule has 0 atom stereocenters. The van der Waals surface area contributed by atoms with Gasteiger partial charge < -0.3 is 10.1 Å². The Morgan fingerprint density at radius 1 is 1.40 bits per heavy atom. The molecule has 0 radical (unpaired) electrons. The standard InChI is InChI=1S/C13H12BrN3O3/c1-20-13-5-11(17(18)19)2-3-12(13)16-7-9-4-10(14)8-15-6-9/h2-6,8,16H,7H2,1H3. The second-order valence-corrected chi connectivity index (χ2v) is 4.92. The molecule has 1 N–H and O–H groups in total. The number of hydrogen-bond acceptors (Lipinski definition) is 5. The molecule has 6 nitrogen and oxygen atoms in total. The summed E-state index contributed by atoms with van der Waals surface area (Å²) in [7, 11) is 1.48. The summed E-state index contributed by atoms with van der Waals surface area (Å²) in [5, 5.41) is 13.9. The molecule has 0 amide bonds. The highest BCUT2D eigenvalue weighted by molar-refractivity contribution is 9.10. The highest BCUT2D eigenvalue weighted by atomic mass is 79.9. The smallest absolute Gasteiger partial charge is 0.273 e. The second kappa shape index (κ2) is 6.33. The van der Waals surface area contributed by atoms with E-state index in [4.69, 9.17) is 4.74 Å². The minimum atomic E-state index is -0.454. The maximum Gasteiger partial charge on any atom is 0.273 e. The Morgan fingerprint density at radius 3 is 2.85 bits per heavy atom. The van der Waals surface area contributed by atoms with Crippen LogP contribution in [0.15, 0.2) is 41.1 Å². The molecule has 0 saturated heterocycles. The summed E-state index contributed by atoms with van der Waals surface area (Å²) in [4.78, 5) is 14.3. The van der Waals surface area contributed by atoms with E-state index < -0.39 is 4.92 Å². The zero-order valence-corrected chi connectivity index (χ0v) is 12.3. The number of halogens is 1. The highest BCUT2D eigenvalue weighted by Gasteiger charge is 2.11. The van der Waals surface area contributed by atoms with E-state index in [9.17, 15) is 10.1 Å². The molecule has 2 rings (SSSR count). The lowest BCUT2D eigenvalue weighted by molar-refractivity contribution is -0.384. The van der Waals surface area contributed by atoms with Gasteiger partial charge in [0.05, 0.1) is 23.8 Å². The van der Waals surface area contributed by atoms with Crippen LogP contribution in [0.2, 0.25) is 0 Å². The van der Waals surface area contributed by atoms with Crippen LogP contribution in [-0.4, -0.2) is 17.0 Å². The van der Waals surface area contributed by atoms with Gasteiger partial charge in [0.2, 0.25) is 0 Å². The number of hydrogen-bond donors (Lipinski definition) is 1. The molecule has 0 fully saturated rings. The van der Waals surface area contributed by atoms with Crippen molar-refractivity contribution in [3.05, 3.63) is 56.8 Å². The number of anilines is 1. The quantitative estimate of drug-likeness (QED) is 0.668. The first-order valence-corrected chi connectivity index (χ1v) is 6.55. The van der Waals surface area contributed by atoms with Crippen LogP contribution in [0, 0.1) is 10.1 Å². The van der Waals surface area contributed by atoms with Crippen molar-refractivity contribution >= 4 is 27.3 Å². The first kappa shape index (κ1) is 14.3. The predicted octanol–water partition coefficient (Wildman–Crippen LogP) is 3.37. The number of aromatic nitrogens is 1. The molecule has 1 heterocycles. The molecule has 20 heavy (non-hydrogen) atoms. The van der Waals surface area contributed by atoms with Gasteiger partial charge in [-0.15, -0.1) is 0 Å².